The van der Waals surface area contributed by atoms with E-state index in [2.05, 4.69) is 5.32 Å². The zero-order valence-corrected chi connectivity index (χ0v) is 11.9. The zero-order valence-electron chi connectivity index (χ0n) is 11.9. The molecule has 0 aliphatic carbocycles. The quantitative estimate of drug-likeness (QED) is 0.801. The highest BCUT2D eigenvalue weighted by Crippen LogP contribution is 2.23. The number of anilines is 1. The largest absolute Gasteiger partial charge is 0.464 e. The van der Waals surface area contributed by atoms with Crippen LogP contribution in [0.2, 0.25) is 0 Å². The molecular weight excluding hydrogens is 266 g/mol. The lowest BCUT2D eigenvalue weighted by Crippen LogP contribution is -2.34. The first-order chi connectivity index (χ1) is 10.2. The van der Waals surface area contributed by atoms with Crippen molar-refractivity contribution in [3.8, 4) is 0 Å². The smallest absolute Gasteiger partial charge is 0.337 e. The Hall–Kier alpha value is -2.33. The topological polar surface area (TPSA) is 58.6 Å². The van der Waals surface area contributed by atoms with Crippen molar-refractivity contribution in [1.82, 2.24) is 0 Å². The van der Waals surface area contributed by atoms with Gasteiger partial charge in [-0.1, -0.05) is 48.5 Å². The molecule has 0 aromatic heterocycles. The van der Waals surface area contributed by atoms with Gasteiger partial charge >= 0.3 is 5.97 Å². The van der Waals surface area contributed by atoms with E-state index >= 15 is 0 Å². The Morgan fingerprint density at radius 1 is 1.10 bits per heavy atom. The fraction of sp³-hybridized carbons (Fsp3) is 0.235. The summed E-state index contributed by atoms with van der Waals surface area (Å²) in [5, 5.41) is 13.5. The van der Waals surface area contributed by atoms with Crippen LogP contribution in [0, 0.1) is 0 Å². The SMILES string of the molecule is CCOC(=O)[C@@H](O)[C@H](Nc1ccccc1)c1ccccc1. The van der Waals surface area contributed by atoms with Gasteiger partial charge in [-0.25, -0.2) is 4.79 Å². The predicted molar refractivity (Wildman–Crippen MR) is 81.9 cm³/mol. The number of nitrogens with one attached hydrogen (secondary N) is 1. The van der Waals surface area contributed by atoms with Crippen LogP contribution < -0.4 is 5.32 Å². The average molecular weight is 285 g/mol. The van der Waals surface area contributed by atoms with Crippen molar-refractivity contribution in [2.24, 2.45) is 0 Å². The highest BCUT2D eigenvalue weighted by atomic mass is 16.5. The van der Waals surface area contributed by atoms with Gasteiger partial charge in [-0.3, -0.25) is 0 Å². The Kier molecular flexibility index (Phi) is 5.35. The molecule has 0 saturated heterocycles. The summed E-state index contributed by atoms with van der Waals surface area (Å²) in [6.07, 6.45) is -1.27. The fourth-order valence-corrected chi connectivity index (χ4v) is 2.08. The van der Waals surface area contributed by atoms with Gasteiger partial charge in [-0.15, -0.1) is 0 Å². The monoisotopic (exact) mass is 285 g/mol. The summed E-state index contributed by atoms with van der Waals surface area (Å²) in [5.41, 5.74) is 1.65. The van der Waals surface area contributed by atoms with Gasteiger partial charge in [0.25, 0.3) is 0 Å². The number of aliphatic hydroxyl groups is 1. The van der Waals surface area contributed by atoms with Gasteiger partial charge in [-0.05, 0) is 24.6 Å². The average Bonchev–Trinajstić information content (AvgIpc) is 2.54. The first-order valence-corrected chi connectivity index (χ1v) is 6.93. The molecule has 0 saturated carbocycles. The van der Waals surface area contributed by atoms with E-state index in [0.29, 0.717) is 0 Å². The number of hydrogen-bond donors (Lipinski definition) is 2. The lowest BCUT2D eigenvalue weighted by Gasteiger charge is -2.24. The summed E-state index contributed by atoms with van der Waals surface area (Å²) in [6, 6.07) is 18.2. The molecule has 0 unspecified atom stereocenters. The van der Waals surface area contributed by atoms with Crippen LogP contribution >= 0.6 is 0 Å². The molecule has 0 amide bonds. The first-order valence-electron chi connectivity index (χ1n) is 6.93. The van der Waals surface area contributed by atoms with Crippen LogP contribution in [0.25, 0.3) is 0 Å². The predicted octanol–water partition coefficient (Wildman–Crippen LogP) is 2.76. The minimum Gasteiger partial charge on any atom is -0.464 e. The molecule has 0 aliphatic rings. The molecule has 0 spiro atoms. The van der Waals surface area contributed by atoms with Gasteiger partial charge in [0.2, 0.25) is 0 Å². The van der Waals surface area contributed by atoms with E-state index in [4.69, 9.17) is 4.74 Å². The number of hydrogen-bond acceptors (Lipinski definition) is 4. The second-order valence-electron chi connectivity index (χ2n) is 4.60. The molecular formula is C17H19NO3. The number of benzene rings is 2. The third-order valence-corrected chi connectivity index (χ3v) is 3.10. The molecule has 0 heterocycles. The molecule has 0 aliphatic heterocycles. The van der Waals surface area contributed by atoms with Crippen molar-refractivity contribution in [2.45, 2.75) is 19.1 Å². The third-order valence-electron chi connectivity index (χ3n) is 3.10. The van der Waals surface area contributed by atoms with Crippen molar-refractivity contribution < 1.29 is 14.6 Å². The Labute approximate surface area is 124 Å². The van der Waals surface area contributed by atoms with E-state index in [1.165, 1.54) is 0 Å². The van der Waals surface area contributed by atoms with Gasteiger partial charge in [0, 0.05) is 5.69 Å². The van der Waals surface area contributed by atoms with E-state index in [0.717, 1.165) is 11.3 Å². The third kappa shape index (κ3) is 4.07. The summed E-state index contributed by atoms with van der Waals surface area (Å²) < 4.78 is 4.91. The number of rotatable bonds is 6. The summed E-state index contributed by atoms with van der Waals surface area (Å²) in [6.45, 7) is 1.95. The van der Waals surface area contributed by atoms with Crippen LogP contribution in [0.5, 0.6) is 0 Å². The van der Waals surface area contributed by atoms with Gasteiger partial charge < -0.3 is 15.2 Å². The maximum Gasteiger partial charge on any atom is 0.337 e. The van der Waals surface area contributed by atoms with Crippen LogP contribution in [0.4, 0.5) is 5.69 Å². The highest BCUT2D eigenvalue weighted by Gasteiger charge is 2.28. The second-order valence-corrected chi connectivity index (χ2v) is 4.60. The summed E-state index contributed by atoms with van der Waals surface area (Å²) in [4.78, 5) is 11.8. The van der Waals surface area contributed by atoms with Gasteiger partial charge in [0.05, 0.1) is 12.6 Å². The Morgan fingerprint density at radius 3 is 2.24 bits per heavy atom. The molecule has 2 atom stereocenters. The molecule has 0 fully saturated rings. The molecule has 21 heavy (non-hydrogen) atoms. The van der Waals surface area contributed by atoms with Crippen molar-refractivity contribution in [3.05, 3.63) is 66.2 Å². The number of carbonyl (C=O) groups is 1. The van der Waals surface area contributed by atoms with E-state index in [9.17, 15) is 9.90 Å². The maximum absolute atomic E-state index is 11.8. The number of carbonyl (C=O) groups excluding carboxylic acids is 1. The molecule has 2 rings (SSSR count). The lowest BCUT2D eigenvalue weighted by molar-refractivity contribution is -0.153. The number of esters is 1. The Bertz CT molecular complexity index is 557. The van der Waals surface area contributed by atoms with Gasteiger partial charge in [0.15, 0.2) is 6.10 Å². The van der Waals surface area contributed by atoms with Crippen molar-refractivity contribution in [2.75, 3.05) is 11.9 Å². The van der Waals surface area contributed by atoms with Crippen LogP contribution in [-0.4, -0.2) is 23.8 Å². The van der Waals surface area contributed by atoms with Crippen LogP contribution in [0.3, 0.4) is 0 Å². The molecule has 4 nitrogen and oxygen atoms in total. The fourth-order valence-electron chi connectivity index (χ4n) is 2.08. The minimum absolute atomic E-state index is 0.239. The molecule has 0 radical (unpaired) electrons. The van der Waals surface area contributed by atoms with E-state index in [-0.39, 0.29) is 6.61 Å². The van der Waals surface area contributed by atoms with Crippen LogP contribution in [-0.2, 0) is 9.53 Å². The van der Waals surface area contributed by atoms with Gasteiger partial charge in [-0.2, -0.15) is 0 Å². The van der Waals surface area contributed by atoms with E-state index in [1.807, 2.05) is 60.7 Å². The molecule has 0 bridgehead atoms. The molecule has 110 valence electrons. The number of aliphatic hydroxyl groups excluding tert-OH is 1. The first kappa shape index (κ1) is 15.1. The molecule has 4 heteroatoms. The highest BCUT2D eigenvalue weighted by molar-refractivity contribution is 5.76. The lowest BCUT2D eigenvalue weighted by atomic mass is 10.0. The molecule has 2 N–H and O–H groups in total. The Balaban J connectivity index is 2.24. The van der Waals surface area contributed by atoms with Crippen molar-refractivity contribution in [3.63, 3.8) is 0 Å². The molecule has 2 aromatic rings. The van der Waals surface area contributed by atoms with Gasteiger partial charge in [0.1, 0.15) is 0 Å². The van der Waals surface area contributed by atoms with E-state index < -0.39 is 18.1 Å². The summed E-state index contributed by atoms with van der Waals surface area (Å²) in [7, 11) is 0. The standard InChI is InChI=1S/C17H19NO3/c1-2-21-17(20)16(19)15(13-9-5-3-6-10-13)18-14-11-7-4-8-12-14/h3-12,15-16,18-19H,2H2,1H3/t15-,16+/m1/s1. The van der Waals surface area contributed by atoms with Crippen LogP contribution in [0.1, 0.15) is 18.5 Å². The number of para-hydroxylation sites is 1. The van der Waals surface area contributed by atoms with E-state index in [1.54, 1.807) is 6.92 Å². The molecule has 2 aromatic carbocycles. The normalized spacial score (nSPS) is 13.2. The van der Waals surface area contributed by atoms with Crippen LogP contribution in [0.15, 0.2) is 60.7 Å². The second kappa shape index (κ2) is 7.45. The Morgan fingerprint density at radius 2 is 1.67 bits per heavy atom. The minimum atomic E-state index is -1.27. The maximum atomic E-state index is 11.8. The zero-order chi connectivity index (χ0) is 15.1. The number of ether oxygens (including phenoxy) is 1. The summed E-state index contributed by atoms with van der Waals surface area (Å²) in [5.74, 6) is -0.630. The summed E-state index contributed by atoms with van der Waals surface area (Å²) >= 11 is 0. The van der Waals surface area contributed by atoms with Crippen molar-refractivity contribution >= 4 is 11.7 Å². The van der Waals surface area contributed by atoms with Crippen molar-refractivity contribution in [1.29, 1.82) is 0 Å².